The molecule has 1 aliphatic heterocycles. The largest absolute Gasteiger partial charge is 0.394 e. The van der Waals surface area contributed by atoms with Gasteiger partial charge in [0.1, 0.15) is 0 Å². The molecule has 1 unspecified atom stereocenters. The number of urea groups is 1. The Kier molecular flexibility index (Phi) is 7.07. The molecule has 2 rings (SSSR count). The predicted molar refractivity (Wildman–Crippen MR) is 99.2 cm³/mol. The van der Waals surface area contributed by atoms with Crippen molar-refractivity contribution in [2.75, 3.05) is 26.2 Å². The van der Waals surface area contributed by atoms with Crippen molar-refractivity contribution in [2.24, 2.45) is 11.8 Å². The third kappa shape index (κ3) is 5.46. The number of hydrogen-bond acceptors (Lipinski definition) is 4. The van der Waals surface area contributed by atoms with Gasteiger partial charge in [-0.15, -0.1) is 11.3 Å². The Bertz CT molecular complexity index is 498. The summed E-state index contributed by atoms with van der Waals surface area (Å²) in [6.45, 7) is 9.75. The summed E-state index contributed by atoms with van der Waals surface area (Å²) >= 11 is 1.81. The van der Waals surface area contributed by atoms with Gasteiger partial charge in [0.2, 0.25) is 0 Å². The highest BCUT2D eigenvalue weighted by Crippen LogP contribution is 2.20. The highest BCUT2D eigenvalue weighted by Gasteiger charge is 2.29. The summed E-state index contributed by atoms with van der Waals surface area (Å²) in [5, 5.41) is 17.5. The summed E-state index contributed by atoms with van der Waals surface area (Å²) in [6, 6.07) is 4.11. The molecule has 6 heteroatoms. The Labute approximate surface area is 149 Å². The van der Waals surface area contributed by atoms with E-state index in [4.69, 9.17) is 0 Å². The minimum Gasteiger partial charge on any atom is -0.394 e. The van der Waals surface area contributed by atoms with Crippen LogP contribution in [0.3, 0.4) is 0 Å². The number of nitrogens with one attached hydrogen (secondary N) is 2. The van der Waals surface area contributed by atoms with Crippen LogP contribution >= 0.6 is 11.3 Å². The number of carbonyl (C=O) groups is 1. The molecule has 1 aromatic heterocycles. The molecule has 2 heterocycles. The number of aliphatic hydroxyl groups excluding tert-OH is 1. The zero-order valence-corrected chi connectivity index (χ0v) is 15.9. The number of carbonyl (C=O) groups excluding carboxylic acids is 1. The van der Waals surface area contributed by atoms with Gasteiger partial charge < -0.3 is 15.7 Å². The summed E-state index contributed by atoms with van der Waals surface area (Å²) in [4.78, 5) is 16.0. The summed E-state index contributed by atoms with van der Waals surface area (Å²) in [7, 11) is 0. The van der Waals surface area contributed by atoms with Gasteiger partial charge in [0, 0.05) is 18.0 Å². The molecule has 0 spiro atoms. The number of aliphatic hydroxyl groups is 1. The van der Waals surface area contributed by atoms with Crippen LogP contribution in [0.25, 0.3) is 0 Å². The third-order valence-electron chi connectivity index (χ3n) is 5.22. The van der Waals surface area contributed by atoms with E-state index in [1.165, 1.54) is 4.88 Å². The Morgan fingerprint density at radius 3 is 2.71 bits per heavy atom. The number of thiophene rings is 1. The van der Waals surface area contributed by atoms with Gasteiger partial charge in [-0.05, 0) is 56.1 Å². The van der Waals surface area contributed by atoms with E-state index >= 15 is 0 Å². The van der Waals surface area contributed by atoms with Crippen LogP contribution in [-0.2, 0) is 6.54 Å². The van der Waals surface area contributed by atoms with Crippen LogP contribution in [0.2, 0.25) is 0 Å². The van der Waals surface area contributed by atoms with Crippen LogP contribution in [-0.4, -0.2) is 47.8 Å². The molecule has 0 bridgehead atoms. The van der Waals surface area contributed by atoms with Crippen LogP contribution in [0.15, 0.2) is 17.5 Å². The topological polar surface area (TPSA) is 64.6 Å². The lowest BCUT2D eigenvalue weighted by Crippen LogP contribution is -2.56. The third-order valence-corrected chi connectivity index (χ3v) is 6.08. The van der Waals surface area contributed by atoms with Gasteiger partial charge >= 0.3 is 6.03 Å². The first-order chi connectivity index (χ1) is 11.4. The molecule has 24 heavy (non-hydrogen) atoms. The quantitative estimate of drug-likeness (QED) is 0.706. The number of amides is 2. The van der Waals surface area contributed by atoms with Crippen LogP contribution in [0.1, 0.15) is 38.5 Å². The van der Waals surface area contributed by atoms with Gasteiger partial charge in [0.15, 0.2) is 0 Å². The fraction of sp³-hybridized carbons (Fsp3) is 0.722. The van der Waals surface area contributed by atoms with Crippen molar-refractivity contribution in [3.63, 3.8) is 0 Å². The molecular weight excluding hydrogens is 322 g/mol. The normalized spacial score (nSPS) is 19.2. The predicted octanol–water partition coefficient (Wildman–Crippen LogP) is 2.67. The number of hydrogen-bond donors (Lipinski definition) is 3. The Morgan fingerprint density at radius 2 is 2.17 bits per heavy atom. The highest BCUT2D eigenvalue weighted by atomic mass is 32.1. The second kappa shape index (κ2) is 8.83. The van der Waals surface area contributed by atoms with Crippen molar-refractivity contribution in [3.05, 3.63) is 22.4 Å². The average molecular weight is 354 g/mol. The minimum atomic E-state index is -0.575. The van der Waals surface area contributed by atoms with Crippen LogP contribution in [0.4, 0.5) is 4.79 Å². The van der Waals surface area contributed by atoms with E-state index in [0.29, 0.717) is 12.5 Å². The van der Waals surface area contributed by atoms with E-state index in [-0.39, 0.29) is 18.6 Å². The van der Waals surface area contributed by atoms with Crippen molar-refractivity contribution in [1.29, 1.82) is 0 Å². The number of rotatable bonds is 7. The van der Waals surface area contributed by atoms with E-state index in [1.54, 1.807) is 0 Å². The maximum Gasteiger partial charge on any atom is 0.315 e. The Balaban J connectivity index is 1.67. The summed E-state index contributed by atoms with van der Waals surface area (Å²) in [5.41, 5.74) is -0.575. The number of piperidine rings is 1. The zero-order valence-electron chi connectivity index (χ0n) is 15.0. The fourth-order valence-corrected chi connectivity index (χ4v) is 3.62. The molecule has 5 nitrogen and oxygen atoms in total. The average Bonchev–Trinajstić information content (AvgIpc) is 3.07. The Hall–Kier alpha value is -1.11. The summed E-state index contributed by atoms with van der Waals surface area (Å²) < 4.78 is 0. The molecule has 136 valence electrons. The maximum absolute atomic E-state index is 12.1. The van der Waals surface area contributed by atoms with Crippen molar-refractivity contribution in [3.8, 4) is 0 Å². The van der Waals surface area contributed by atoms with Crippen LogP contribution in [0.5, 0.6) is 0 Å². The standard InChI is InChI=1S/C18H31N3O2S/c1-14(2)18(3,13-22)20-17(23)19-11-15-6-8-21(9-7-15)12-16-5-4-10-24-16/h4-5,10,14-15,22H,6-9,11-13H2,1-3H3,(H2,19,20,23). The Morgan fingerprint density at radius 1 is 1.46 bits per heavy atom. The number of nitrogens with zero attached hydrogens (tertiary/aromatic N) is 1. The van der Waals surface area contributed by atoms with Gasteiger partial charge in [-0.1, -0.05) is 19.9 Å². The summed E-state index contributed by atoms with van der Waals surface area (Å²) in [5.74, 6) is 0.712. The van der Waals surface area contributed by atoms with Crippen LogP contribution < -0.4 is 10.6 Å². The van der Waals surface area contributed by atoms with Gasteiger partial charge in [-0.3, -0.25) is 4.90 Å². The van der Waals surface area contributed by atoms with Gasteiger partial charge in [-0.25, -0.2) is 4.79 Å². The number of likely N-dealkylation sites (tertiary alicyclic amines) is 1. The molecular formula is C18H31N3O2S. The molecule has 1 saturated heterocycles. The SMILES string of the molecule is CC(C)C(C)(CO)NC(=O)NCC1CCN(Cc2cccs2)CC1. The molecule has 1 atom stereocenters. The minimum absolute atomic E-state index is 0.0564. The van der Waals surface area contributed by atoms with Gasteiger partial charge in [0.05, 0.1) is 12.1 Å². The van der Waals surface area contributed by atoms with E-state index in [1.807, 2.05) is 32.1 Å². The van der Waals surface area contributed by atoms with E-state index in [9.17, 15) is 9.90 Å². The molecule has 2 amide bonds. The molecule has 1 aromatic rings. The molecule has 0 aliphatic carbocycles. The van der Waals surface area contributed by atoms with E-state index < -0.39 is 5.54 Å². The van der Waals surface area contributed by atoms with E-state index in [2.05, 4.69) is 33.0 Å². The van der Waals surface area contributed by atoms with Gasteiger partial charge in [-0.2, -0.15) is 0 Å². The lowest BCUT2D eigenvalue weighted by molar-refractivity contribution is 0.134. The molecule has 1 aliphatic rings. The second-order valence-corrected chi connectivity index (χ2v) is 8.40. The van der Waals surface area contributed by atoms with Gasteiger partial charge in [0.25, 0.3) is 0 Å². The fourth-order valence-electron chi connectivity index (χ4n) is 2.88. The zero-order chi connectivity index (χ0) is 17.6. The van der Waals surface area contributed by atoms with E-state index in [0.717, 1.165) is 32.5 Å². The molecule has 1 fully saturated rings. The first-order valence-electron chi connectivity index (χ1n) is 8.84. The monoisotopic (exact) mass is 353 g/mol. The smallest absolute Gasteiger partial charge is 0.315 e. The maximum atomic E-state index is 12.1. The molecule has 3 N–H and O–H groups in total. The second-order valence-electron chi connectivity index (χ2n) is 7.36. The lowest BCUT2D eigenvalue weighted by atomic mass is 9.89. The lowest BCUT2D eigenvalue weighted by Gasteiger charge is -2.34. The first kappa shape index (κ1) is 19.2. The summed E-state index contributed by atoms with van der Waals surface area (Å²) in [6.07, 6.45) is 2.24. The van der Waals surface area contributed by atoms with Crippen molar-refractivity contribution in [1.82, 2.24) is 15.5 Å². The van der Waals surface area contributed by atoms with Crippen molar-refractivity contribution >= 4 is 17.4 Å². The molecule has 0 saturated carbocycles. The highest BCUT2D eigenvalue weighted by molar-refractivity contribution is 7.09. The molecule has 0 radical (unpaired) electrons. The van der Waals surface area contributed by atoms with Crippen molar-refractivity contribution < 1.29 is 9.90 Å². The van der Waals surface area contributed by atoms with Crippen LogP contribution in [0, 0.1) is 11.8 Å². The molecule has 0 aromatic carbocycles. The first-order valence-corrected chi connectivity index (χ1v) is 9.72. The van der Waals surface area contributed by atoms with Crippen molar-refractivity contribution in [2.45, 2.75) is 45.7 Å².